The van der Waals surface area contributed by atoms with E-state index in [0.717, 1.165) is 5.56 Å². The van der Waals surface area contributed by atoms with Crippen molar-refractivity contribution < 1.29 is 9.53 Å². The number of carbonyl (C=O) groups is 1. The third-order valence-corrected chi connectivity index (χ3v) is 1.82. The molecule has 1 rings (SSSR count). The van der Waals surface area contributed by atoms with Crippen LogP contribution in [0, 0.1) is 4.91 Å². The third kappa shape index (κ3) is 3.76. The first-order valence-electron chi connectivity index (χ1n) is 4.51. The lowest BCUT2D eigenvalue weighted by Crippen LogP contribution is -2.20. The van der Waals surface area contributed by atoms with Gasteiger partial charge in [-0.2, -0.15) is 0 Å². The summed E-state index contributed by atoms with van der Waals surface area (Å²) in [4.78, 5) is 20.8. The molecule has 0 radical (unpaired) electrons. The van der Waals surface area contributed by atoms with Crippen LogP contribution in [0.15, 0.2) is 35.6 Å². The van der Waals surface area contributed by atoms with Crippen LogP contribution in [0.1, 0.15) is 18.6 Å². The van der Waals surface area contributed by atoms with Crippen LogP contribution in [0.2, 0.25) is 0 Å². The molecule has 5 heteroatoms. The molecule has 1 aromatic carbocycles. The summed E-state index contributed by atoms with van der Waals surface area (Å²) >= 11 is 0. The molecule has 0 aliphatic carbocycles. The SMILES string of the molecule is CC(=O)OC(CNN=O)c1ccccc1. The van der Waals surface area contributed by atoms with Gasteiger partial charge in [-0.05, 0) is 5.56 Å². The Bertz CT molecular complexity index is 327. The summed E-state index contributed by atoms with van der Waals surface area (Å²) in [5.74, 6) is -0.392. The van der Waals surface area contributed by atoms with E-state index in [9.17, 15) is 9.70 Å². The third-order valence-electron chi connectivity index (χ3n) is 1.82. The van der Waals surface area contributed by atoms with Gasteiger partial charge in [0.25, 0.3) is 0 Å². The maximum absolute atomic E-state index is 10.8. The number of nitrogens with zero attached hydrogens (tertiary/aromatic N) is 1. The highest BCUT2D eigenvalue weighted by atomic mass is 16.5. The molecular formula is C10H12N2O3. The van der Waals surface area contributed by atoms with Crippen molar-refractivity contribution in [3.05, 3.63) is 40.8 Å². The van der Waals surface area contributed by atoms with Gasteiger partial charge in [-0.1, -0.05) is 30.3 Å². The second-order valence-electron chi connectivity index (χ2n) is 2.96. The van der Waals surface area contributed by atoms with E-state index < -0.39 is 12.1 Å². The molecule has 0 aliphatic rings. The molecular weight excluding hydrogens is 196 g/mol. The van der Waals surface area contributed by atoms with Gasteiger partial charge >= 0.3 is 5.97 Å². The molecule has 1 N–H and O–H groups in total. The van der Waals surface area contributed by atoms with Gasteiger partial charge in [0.2, 0.25) is 0 Å². The van der Waals surface area contributed by atoms with Crippen LogP contribution >= 0.6 is 0 Å². The zero-order valence-corrected chi connectivity index (χ0v) is 8.34. The normalized spacial score (nSPS) is 11.5. The first-order valence-corrected chi connectivity index (χ1v) is 4.51. The van der Waals surface area contributed by atoms with E-state index in [1.54, 1.807) is 0 Å². The summed E-state index contributed by atoms with van der Waals surface area (Å²) in [5.41, 5.74) is 3.07. The van der Waals surface area contributed by atoms with Crippen LogP contribution in [0.4, 0.5) is 0 Å². The maximum atomic E-state index is 10.8. The lowest BCUT2D eigenvalue weighted by Gasteiger charge is -2.15. The Balaban J connectivity index is 2.71. The number of benzene rings is 1. The van der Waals surface area contributed by atoms with Gasteiger partial charge in [0, 0.05) is 12.2 Å². The van der Waals surface area contributed by atoms with Crippen molar-refractivity contribution in [3.8, 4) is 0 Å². The number of ether oxygens (including phenoxy) is 1. The van der Waals surface area contributed by atoms with Gasteiger partial charge in [-0.15, -0.1) is 4.91 Å². The maximum Gasteiger partial charge on any atom is 0.303 e. The standard InChI is InChI=1S/C10H12N2O3/c1-8(13)15-10(7-11-12-14)9-5-3-2-4-6-9/h2-6,10H,7H2,1H3,(H,11,14). The molecule has 15 heavy (non-hydrogen) atoms. The Morgan fingerprint density at radius 1 is 1.47 bits per heavy atom. The minimum atomic E-state index is -0.485. The number of esters is 1. The monoisotopic (exact) mass is 208 g/mol. The van der Waals surface area contributed by atoms with E-state index in [1.807, 2.05) is 30.3 Å². The fourth-order valence-electron chi connectivity index (χ4n) is 1.22. The molecule has 0 fully saturated rings. The lowest BCUT2D eigenvalue weighted by atomic mass is 10.1. The van der Waals surface area contributed by atoms with Gasteiger partial charge in [0.15, 0.2) is 0 Å². The van der Waals surface area contributed by atoms with Crippen molar-refractivity contribution in [2.75, 3.05) is 6.54 Å². The molecule has 1 unspecified atom stereocenters. The van der Waals surface area contributed by atoms with Crippen molar-refractivity contribution in [2.24, 2.45) is 5.29 Å². The Morgan fingerprint density at radius 2 is 2.13 bits per heavy atom. The number of hydrogen-bond acceptors (Lipinski definition) is 4. The van der Waals surface area contributed by atoms with Crippen molar-refractivity contribution in [1.82, 2.24) is 5.43 Å². The Hall–Kier alpha value is -1.91. The van der Waals surface area contributed by atoms with Crippen LogP contribution < -0.4 is 5.43 Å². The van der Waals surface area contributed by atoms with Gasteiger partial charge in [0.1, 0.15) is 6.10 Å². The first kappa shape index (κ1) is 11.2. The molecule has 0 saturated heterocycles. The zero-order valence-electron chi connectivity index (χ0n) is 8.34. The predicted molar refractivity (Wildman–Crippen MR) is 54.7 cm³/mol. The van der Waals surface area contributed by atoms with E-state index in [1.165, 1.54) is 6.92 Å². The average molecular weight is 208 g/mol. The molecule has 0 heterocycles. The van der Waals surface area contributed by atoms with Crippen molar-refractivity contribution >= 4 is 5.97 Å². The molecule has 0 aromatic heterocycles. The highest BCUT2D eigenvalue weighted by Gasteiger charge is 2.13. The van der Waals surface area contributed by atoms with Gasteiger partial charge in [-0.25, -0.2) is 0 Å². The summed E-state index contributed by atoms with van der Waals surface area (Å²) in [6.07, 6.45) is -0.485. The second kappa shape index (κ2) is 5.74. The molecule has 5 nitrogen and oxygen atoms in total. The number of nitroso groups, excluding NO2 is 1. The van der Waals surface area contributed by atoms with Crippen LogP contribution in [0.3, 0.4) is 0 Å². The van der Waals surface area contributed by atoms with Crippen molar-refractivity contribution in [2.45, 2.75) is 13.0 Å². The van der Waals surface area contributed by atoms with Gasteiger partial charge in [0.05, 0.1) is 6.54 Å². The molecule has 0 saturated carbocycles. The molecule has 1 aromatic rings. The summed E-state index contributed by atoms with van der Waals surface area (Å²) in [5, 5.41) is 2.52. The summed E-state index contributed by atoms with van der Waals surface area (Å²) in [7, 11) is 0. The Labute approximate surface area is 87.4 Å². The molecule has 0 spiro atoms. The predicted octanol–water partition coefficient (Wildman–Crippen LogP) is 1.56. The van der Waals surface area contributed by atoms with Crippen LogP contribution in [-0.2, 0) is 9.53 Å². The van der Waals surface area contributed by atoms with Crippen molar-refractivity contribution in [3.63, 3.8) is 0 Å². The summed E-state index contributed by atoms with van der Waals surface area (Å²) in [6.45, 7) is 1.50. The van der Waals surface area contributed by atoms with E-state index in [2.05, 4.69) is 10.7 Å². The van der Waals surface area contributed by atoms with Crippen LogP contribution in [0.5, 0.6) is 0 Å². The highest BCUT2D eigenvalue weighted by molar-refractivity contribution is 5.66. The summed E-state index contributed by atoms with van der Waals surface area (Å²) < 4.78 is 5.04. The lowest BCUT2D eigenvalue weighted by molar-refractivity contribution is -0.146. The highest BCUT2D eigenvalue weighted by Crippen LogP contribution is 2.16. The van der Waals surface area contributed by atoms with E-state index in [-0.39, 0.29) is 6.54 Å². The zero-order chi connectivity index (χ0) is 11.1. The number of nitrogens with one attached hydrogen (secondary N) is 1. The van der Waals surface area contributed by atoms with E-state index in [4.69, 9.17) is 4.74 Å². The molecule has 80 valence electrons. The van der Waals surface area contributed by atoms with E-state index >= 15 is 0 Å². The molecule has 0 bridgehead atoms. The molecule has 1 atom stereocenters. The smallest absolute Gasteiger partial charge is 0.303 e. The average Bonchev–Trinajstić information content (AvgIpc) is 2.25. The molecule has 0 aliphatic heterocycles. The van der Waals surface area contributed by atoms with Crippen molar-refractivity contribution in [1.29, 1.82) is 0 Å². The topological polar surface area (TPSA) is 67.8 Å². The minimum Gasteiger partial charge on any atom is -0.456 e. The van der Waals surface area contributed by atoms with Crippen LogP contribution in [0.25, 0.3) is 0 Å². The largest absolute Gasteiger partial charge is 0.456 e. The Kier molecular flexibility index (Phi) is 4.28. The Morgan fingerprint density at radius 3 is 2.67 bits per heavy atom. The number of hydrogen-bond donors (Lipinski definition) is 1. The fraction of sp³-hybridized carbons (Fsp3) is 0.300. The fourth-order valence-corrected chi connectivity index (χ4v) is 1.22. The van der Waals surface area contributed by atoms with E-state index in [0.29, 0.717) is 0 Å². The van der Waals surface area contributed by atoms with Crippen LogP contribution in [-0.4, -0.2) is 12.5 Å². The quantitative estimate of drug-likeness (QED) is 0.453. The second-order valence-corrected chi connectivity index (χ2v) is 2.96. The number of rotatable bonds is 5. The first-order chi connectivity index (χ1) is 7.24. The summed E-state index contributed by atoms with van der Waals surface area (Å²) in [6, 6.07) is 9.17. The van der Waals surface area contributed by atoms with Gasteiger partial charge < -0.3 is 4.74 Å². The minimum absolute atomic E-state index is 0.174. The van der Waals surface area contributed by atoms with Gasteiger partial charge in [-0.3, -0.25) is 10.2 Å². The number of carbonyl (C=O) groups excluding carboxylic acids is 1. The molecule has 0 amide bonds.